The number of nitrogens with zero attached hydrogens (tertiary/aromatic N) is 1. The fraction of sp³-hybridized carbons (Fsp3) is 0.357. The number of carboxylic acid groups (broad SMARTS) is 1. The molecule has 3 nitrogen and oxygen atoms in total. The molecule has 0 spiro atoms. The van der Waals surface area contributed by atoms with Crippen molar-refractivity contribution in [2.75, 3.05) is 0 Å². The lowest BCUT2D eigenvalue weighted by molar-refractivity contribution is -0.137. The first-order valence-electron chi connectivity index (χ1n) is 5.86. The van der Waals surface area contributed by atoms with Crippen LogP contribution in [0.1, 0.15) is 24.1 Å². The number of aliphatic carboxylic acids is 1. The van der Waals surface area contributed by atoms with Gasteiger partial charge in [-0.3, -0.25) is 4.79 Å². The first kappa shape index (κ1) is 11.7. The number of aromatic nitrogens is 1. The standard InChI is InChI=1S/C14H17NO2/c1-10-5-6-13-12(8-10)9-11(2)15(13)7-3-4-14(16)17/h5-6,8-9H,3-4,7H2,1-2H3,(H,16,17). The maximum absolute atomic E-state index is 10.5. The molecule has 0 aliphatic rings. The number of hydrogen-bond acceptors (Lipinski definition) is 1. The molecule has 3 heteroatoms. The molecule has 0 unspecified atom stereocenters. The monoisotopic (exact) mass is 231 g/mol. The van der Waals surface area contributed by atoms with E-state index in [9.17, 15) is 4.79 Å². The molecule has 1 N–H and O–H groups in total. The van der Waals surface area contributed by atoms with Crippen LogP contribution in [0, 0.1) is 13.8 Å². The van der Waals surface area contributed by atoms with Gasteiger partial charge in [-0.05, 0) is 38.5 Å². The van der Waals surface area contributed by atoms with E-state index in [1.807, 2.05) is 0 Å². The molecule has 0 fully saturated rings. The average molecular weight is 231 g/mol. The molecular formula is C14H17NO2. The number of rotatable bonds is 4. The van der Waals surface area contributed by atoms with Crippen LogP contribution >= 0.6 is 0 Å². The first-order valence-corrected chi connectivity index (χ1v) is 5.86. The van der Waals surface area contributed by atoms with E-state index in [0.29, 0.717) is 6.42 Å². The Kier molecular flexibility index (Phi) is 3.18. The Labute approximate surface area is 101 Å². The zero-order chi connectivity index (χ0) is 12.4. The molecule has 0 saturated heterocycles. The van der Waals surface area contributed by atoms with Crippen LogP contribution < -0.4 is 0 Å². The van der Waals surface area contributed by atoms with Crippen LogP contribution in [0.25, 0.3) is 10.9 Å². The molecule has 1 aromatic carbocycles. The number of aryl methyl sites for hydroxylation is 3. The number of fused-ring (bicyclic) bond motifs is 1. The van der Waals surface area contributed by atoms with Gasteiger partial charge < -0.3 is 9.67 Å². The van der Waals surface area contributed by atoms with E-state index in [1.165, 1.54) is 22.2 Å². The highest BCUT2D eigenvalue weighted by Gasteiger charge is 2.06. The van der Waals surface area contributed by atoms with Gasteiger partial charge in [-0.15, -0.1) is 0 Å². The molecule has 1 heterocycles. The number of benzene rings is 1. The van der Waals surface area contributed by atoms with Crippen LogP contribution in [0.3, 0.4) is 0 Å². The van der Waals surface area contributed by atoms with Crippen LogP contribution in [0.5, 0.6) is 0 Å². The quantitative estimate of drug-likeness (QED) is 0.878. The summed E-state index contributed by atoms with van der Waals surface area (Å²) in [6.07, 6.45) is 0.902. The Hall–Kier alpha value is -1.77. The first-order chi connectivity index (χ1) is 8.08. The number of hydrogen-bond donors (Lipinski definition) is 1. The van der Waals surface area contributed by atoms with Crippen molar-refractivity contribution in [3.05, 3.63) is 35.5 Å². The van der Waals surface area contributed by atoms with Gasteiger partial charge >= 0.3 is 5.97 Å². The number of carboxylic acids is 1. The molecule has 2 aromatic rings. The van der Waals surface area contributed by atoms with Crippen LogP contribution in [0.2, 0.25) is 0 Å². The molecular weight excluding hydrogens is 214 g/mol. The summed E-state index contributed by atoms with van der Waals surface area (Å²) in [5.41, 5.74) is 3.63. The van der Waals surface area contributed by atoms with Crippen LogP contribution in [-0.4, -0.2) is 15.6 Å². The van der Waals surface area contributed by atoms with Gasteiger partial charge in [0.05, 0.1) is 0 Å². The summed E-state index contributed by atoms with van der Waals surface area (Å²) >= 11 is 0. The fourth-order valence-corrected chi connectivity index (χ4v) is 2.21. The number of carbonyl (C=O) groups is 1. The zero-order valence-corrected chi connectivity index (χ0v) is 10.2. The molecule has 0 aliphatic carbocycles. The minimum absolute atomic E-state index is 0.227. The fourth-order valence-electron chi connectivity index (χ4n) is 2.21. The Morgan fingerprint density at radius 1 is 1.29 bits per heavy atom. The summed E-state index contributed by atoms with van der Waals surface area (Å²) in [7, 11) is 0. The molecule has 0 radical (unpaired) electrons. The minimum atomic E-state index is -0.727. The Morgan fingerprint density at radius 2 is 2.06 bits per heavy atom. The third-order valence-corrected chi connectivity index (χ3v) is 3.04. The largest absolute Gasteiger partial charge is 0.481 e. The van der Waals surface area contributed by atoms with Crippen molar-refractivity contribution in [3.63, 3.8) is 0 Å². The van der Waals surface area contributed by atoms with E-state index in [-0.39, 0.29) is 6.42 Å². The van der Waals surface area contributed by atoms with Crippen LogP contribution in [0.4, 0.5) is 0 Å². The van der Waals surface area contributed by atoms with Crippen molar-refractivity contribution < 1.29 is 9.90 Å². The summed E-state index contributed by atoms with van der Waals surface area (Å²) in [6, 6.07) is 8.52. The molecule has 17 heavy (non-hydrogen) atoms. The lowest BCUT2D eigenvalue weighted by atomic mass is 10.2. The second kappa shape index (κ2) is 4.62. The van der Waals surface area contributed by atoms with Gasteiger partial charge in [-0.25, -0.2) is 0 Å². The van der Waals surface area contributed by atoms with Gasteiger partial charge in [0.15, 0.2) is 0 Å². The third kappa shape index (κ3) is 2.49. The maximum atomic E-state index is 10.5. The maximum Gasteiger partial charge on any atom is 0.303 e. The van der Waals surface area contributed by atoms with Gasteiger partial charge in [0.2, 0.25) is 0 Å². The van der Waals surface area contributed by atoms with E-state index in [2.05, 4.69) is 42.7 Å². The van der Waals surface area contributed by atoms with E-state index < -0.39 is 5.97 Å². The highest BCUT2D eigenvalue weighted by atomic mass is 16.4. The smallest absolute Gasteiger partial charge is 0.303 e. The summed E-state index contributed by atoms with van der Waals surface area (Å²) < 4.78 is 2.19. The molecule has 2 rings (SSSR count). The van der Waals surface area contributed by atoms with Crippen LogP contribution in [-0.2, 0) is 11.3 Å². The molecule has 0 bridgehead atoms. The topological polar surface area (TPSA) is 42.2 Å². The second-order valence-corrected chi connectivity index (χ2v) is 4.50. The molecule has 1 aromatic heterocycles. The predicted molar refractivity (Wildman–Crippen MR) is 68.3 cm³/mol. The van der Waals surface area contributed by atoms with Crippen LogP contribution in [0.15, 0.2) is 24.3 Å². The molecule has 0 atom stereocenters. The lowest BCUT2D eigenvalue weighted by Crippen LogP contribution is -2.03. The van der Waals surface area contributed by atoms with Crippen molar-refractivity contribution in [2.24, 2.45) is 0 Å². The van der Waals surface area contributed by atoms with Gasteiger partial charge in [0, 0.05) is 29.6 Å². The van der Waals surface area contributed by atoms with Gasteiger partial charge in [0.1, 0.15) is 0 Å². The van der Waals surface area contributed by atoms with Gasteiger partial charge in [0.25, 0.3) is 0 Å². The third-order valence-electron chi connectivity index (χ3n) is 3.04. The van der Waals surface area contributed by atoms with E-state index >= 15 is 0 Å². The Bertz CT molecular complexity index is 555. The average Bonchev–Trinajstić information content (AvgIpc) is 2.54. The zero-order valence-electron chi connectivity index (χ0n) is 10.2. The molecule has 0 saturated carbocycles. The predicted octanol–water partition coefficient (Wildman–Crippen LogP) is 3.12. The summed E-state index contributed by atoms with van der Waals surface area (Å²) in [5.74, 6) is -0.727. The normalized spacial score (nSPS) is 10.9. The van der Waals surface area contributed by atoms with Gasteiger partial charge in [-0.2, -0.15) is 0 Å². The Morgan fingerprint density at radius 3 is 2.76 bits per heavy atom. The van der Waals surface area contributed by atoms with Gasteiger partial charge in [-0.1, -0.05) is 11.6 Å². The minimum Gasteiger partial charge on any atom is -0.481 e. The SMILES string of the molecule is Cc1ccc2c(c1)cc(C)n2CCCC(=O)O. The van der Waals surface area contributed by atoms with Crippen molar-refractivity contribution >= 4 is 16.9 Å². The molecule has 0 amide bonds. The lowest BCUT2D eigenvalue weighted by Gasteiger charge is -2.07. The molecule has 0 aliphatic heterocycles. The second-order valence-electron chi connectivity index (χ2n) is 4.50. The summed E-state index contributed by atoms with van der Waals surface area (Å²) in [6.45, 7) is 4.91. The van der Waals surface area contributed by atoms with Crippen molar-refractivity contribution in [1.82, 2.24) is 4.57 Å². The van der Waals surface area contributed by atoms with Crippen molar-refractivity contribution in [3.8, 4) is 0 Å². The van der Waals surface area contributed by atoms with E-state index in [4.69, 9.17) is 5.11 Å². The van der Waals surface area contributed by atoms with E-state index in [1.54, 1.807) is 0 Å². The Balaban J connectivity index is 2.27. The van der Waals surface area contributed by atoms with Crippen molar-refractivity contribution in [2.45, 2.75) is 33.2 Å². The molecule has 90 valence electrons. The summed E-state index contributed by atoms with van der Waals surface area (Å²) in [5, 5.41) is 9.89. The highest BCUT2D eigenvalue weighted by Crippen LogP contribution is 2.21. The highest BCUT2D eigenvalue weighted by molar-refractivity contribution is 5.82. The summed E-state index contributed by atoms with van der Waals surface area (Å²) in [4.78, 5) is 10.5. The van der Waals surface area contributed by atoms with Crippen molar-refractivity contribution in [1.29, 1.82) is 0 Å². The van der Waals surface area contributed by atoms with E-state index in [0.717, 1.165) is 6.54 Å².